The maximum absolute atomic E-state index is 12.4. The van der Waals surface area contributed by atoms with Gasteiger partial charge in [-0.05, 0) is 24.1 Å². The molecule has 0 saturated carbocycles. The molecule has 3 aromatic rings. The van der Waals surface area contributed by atoms with E-state index < -0.39 is 0 Å². The highest BCUT2D eigenvalue weighted by molar-refractivity contribution is 5.75. The van der Waals surface area contributed by atoms with Gasteiger partial charge in [-0.1, -0.05) is 36.4 Å². The average Bonchev–Trinajstić information content (AvgIpc) is 2.96. The molecule has 1 aliphatic rings. The van der Waals surface area contributed by atoms with Crippen LogP contribution in [-0.4, -0.2) is 32.1 Å². The first-order valence-corrected chi connectivity index (χ1v) is 7.71. The summed E-state index contributed by atoms with van der Waals surface area (Å²) in [4.78, 5) is 14.3. The molecule has 1 fully saturated rings. The molecule has 0 aliphatic carbocycles. The lowest BCUT2D eigenvalue weighted by atomic mass is 9.95. The van der Waals surface area contributed by atoms with Gasteiger partial charge < -0.3 is 10.2 Å². The van der Waals surface area contributed by atoms with Gasteiger partial charge in [-0.25, -0.2) is 4.79 Å². The lowest BCUT2D eigenvalue weighted by Crippen LogP contribution is -2.49. The molecule has 1 atom stereocenters. The second kappa shape index (κ2) is 5.72. The van der Waals surface area contributed by atoms with E-state index in [1.807, 2.05) is 51.9 Å². The topological polar surface area (TPSA) is 62.5 Å². The number of urea groups is 1. The van der Waals surface area contributed by atoms with Crippen molar-refractivity contribution in [2.75, 3.05) is 6.54 Å². The SMILES string of the molecule is O=C(NCc1nnc2ccccn12)N1CCC1c1ccccc1. The molecule has 6 heteroatoms. The number of rotatable bonds is 3. The first kappa shape index (κ1) is 13.8. The maximum atomic E-state index is 12.4. The Balaban J connectivity index is 1.42. The third kappa shape index (κ3) is 2.52. The standard InChI is InChI=1S/C17H17N5O/c23-17(21-11-9-14(21)13-6-2-1-3-7-13)18-12-16-20-19-15-8-4-5-10-22(15)16/h1-8,10,14H,9,11-12H2,(H,18,23). The summed E-state index contributed by atoms with van der Waals surface area (Å²) in [7, 11) is 0. The third-order valence-electron chi connectivity index (χ3n) is 4.25. The minimum Gasteiger partial charge on any atom is -0.331 e. The summed E-state index contributed by atoms with van der Waals surface area (Å²) >= 11 is 0. The van der Waals surface area contributed by atoms with Crippen molar-refractivity contribution in [3.05, 3.63) is 66.1 Å². The van der Waals surface area contributed by atoms with E-state index in [1.165, 1.54) is 5.56 Å². The van der Waals surface area contributed by atoms with Crippen molar-refractivity contribution in [3.8, 4) is 0 Å². The van der Waals surface area contributed by atoms with Gasteiger partial charge in [0, 0.05) is 12.7 Å². The van der Waals surface area contributed by atoms with Gasteiger partial charge in [-0.2, -0.15) is 0 Å². The molecular weight excluding hydrogens is 290 g/mol. The Bertz CT molecular complexity index is 829. The third-order valence-corrected chi connectivity index (χ3v) is 4.25. The Morgan fingerprint density at radius 3 is 2.74 bits per heavy atom. The summed E-state index contributed by atoms with van der Waals surface area (Å²) in [6.45, 7) is 1.15. The number of pyridine rings is 1. The van der Waals surface area contributed by atoms with Gasteiger partial charge in [0.25, 0.3) is 0 Å². The van der Waals surface area contributed by atoms with Crippen LogP contribution < -0.4 is 5.32 Å². The molecule has 2 aromatic heterocycles. The zero-order valence-corrected chi connectivity index (χ0v) is 12.6. The lowest BCUT2D eigenvalue weighted by molar-refractivity contribution is 0.115. The minimum absolute atomic E-state index is 0.0576. The van der Waals surface area contributed by atoms with Crippen LogP contribution in [0.4, 0.5) is 4.79 Å². The fourth-order valence-corrected chi connectivity index (χ4v) is 2.92. The van der Waals surface area contributed by atoms with Crippen LogP contribution in [0.2, 0.25) is 0 Å². The Hall–Kier alpha value is -2.89. The van der Waals surface area contributed by atoms with Gasteiger partial charge in [0.15, 0.2) is 11.5 Å². The normalized spacial score (nSPS) is 17.0. The number of carbonyl (C=O) groups is 1. The van der Waals surface area contributed by atoms with Crippen molar-refractivity contribution in [3.63, 3.8) is 0 Å². The number of nitrogens with zero attached hydrogens (tertiary/aromatic N) is 4. The predicted octanol–water partition coefficient (Wildman–Crippen LogP) is 2.39. The first-order chi connectivity index (χ1) is 11.3. The average molecular weight is 307 g/mol. The number of benzene rings is 1. The van der Waals surface area contributed by atoms with E-state index in [0.717, 1.165) is 24.4 Å². The number of likely N-dealkylation sites (tertiary alicyclic amines) is 1. The molecule has 6 nitrogen and oxygen atoms in total. The molecule has 1 saturated heterocycles. The summed E-state index contributed by atoms with van der Waals surface area (Å²) in [5.41, 5.74) is 1.96. The Morgan fingerprint density at radius 2 is 1.96 bits per heavy atom. The molecule has 0 radical (unpaired) electrons. The first-order valence-electron chi connectivity index (χ1n) is 7.71. The lowest BCUT2D eigenvalue weighted by Gasteiger charge is -2.41. The monoisotopic (exact) mass is 307 g/mol. The molecule has 0 bridgehead atoms. The summed E-state index contributed by atoms with van der Waals surface area (Å²) < 4.78 is 1.88. The van der Waals surface area contributed by atoms with Crippen LogP contribution in [0.3, 0.4) is 0 Å². The quantitative estimate of drug-likeness (QED) is 0.808. The van der Waals surface area contributed by atoms with Gasteiger partial charge in [-0.15, -0.1) is 10.2 Å². The predicted molar refractivity (Wildman–Crippen MR) is 85.7 cm³/mol. The Labute approximate surface area is 133 Å². The molecule has 1 unspecified atom stereocenters. The van der Waals surface area contributed by atoms with Crippen molar-refractivity contribution in [1.82, 2.24) is 24.8 Å². The number of hydrogen-bond donors (Lipinski definition) is 1. The second-order valence-corrected chi connectivity index (χ2v) is 5.61. The highest BCUT2D eigenvalue weighted by Gasteiger charge is 2.33. The fourth-order valence-electron chi connectivity index (χ4n) is 2.92. The Morgan fingerprint density at radius 1 is 1.13 bits per heavy atom. The van der Waals surface area contributed by atoms with E-state index in [2.05, 4.69) is 27.6 Å². The molecule has 3 heterocycles. The minimum atomic E-state index is -0.0576. The number of carbonyl (C=O) groups excluding carboxylic acids is 1. The summed E-state index contributed by atoms with van der Waals surface area (Å²) in [5.74, 6) is 0.728. The van der Waals surface area contributed by atoms with E-state index in [4.69, 9.17) is 0 Å². The summed E-state index contributed by atoms with van der Waals surface area (Å²) in [5, 5.41) is 11.2. The van der Waals surface area contributed by atoms with Crippen LogP contribution in [0.1, 0.15) is 23.9 Å². The van der Waals surface area contributed by atoms with Crippen LogP contribution in [0, 0.1) is 0 Å². The van der Waals surface area contributed by atoms with Gasteiger partial charge >= 0.3 is 6.03 Å². The van der Waals surface area contributed by atoms with Crippen molar-refractivity contribution in [1.29, 1.82) is 0 Å². The van der Waals surface area contributed by atoms with Crippen LogP contribution in [0.15, 0.2) is 54.7 Å². The van der Waals surface area contributed by atoms with Crippen molar-refractivity contribution in [2.24, 2.45) is 0 Å². The molecule has 23 heavy (non-hydrogen) atoms. The van der Waals surface area contributed by atoms with E-state index in [1.54, 1.807) is 0 Å². The number of hydrogen-bond acceptors (Lipinski definition) is 3. The number of amides is 2. The highest BCUT2D eigenvalue weighted by Crippen LogP contribution is 2.32. The zero-order valence-electron chi connectivity index (χ0n) is 12.6. The van der Waals surface area contributed by atoms with Gasteiger partial charge in [0.1, 0.15) is 0 Å². The largest absolute Gasteiger partial charge is 0.331 e. The molecule has 0 spiro atoms. The summed E-state index contributed by atoms with van der Waals surface area (Å²) in [6, 6.07) is 16.0. The van der Waals surface area contributed by atoms with Crippen molar-refractivity contribution >= 4 is 11.7 Å². The van der Waals surface area contributed by atoms with Gasteiger partial charge in [0.2, 0.25) is 0 Å². The smallest absolute Gasteiger partial charge is 0.318 e. The molecular formula is C17H17N5O. The second-order valence-electron chi connectivity index (χ2n) is 5.61. The number of fused-ring (bicyclic) bond motifs is 1. The van der Waals surface area contributed by atoms with Crippen LogP contribution in [0.5, 0.6) is 0 Å². The fraction of sp³-hybridized carbons (Fsp3) is 0.235. The molecule has 1 aromatic carbocycles. The van der Waals surface area contributed by atoms with Gasteiger partial charge in [-0.3, -0.25) is 4.40 Å². The van der Waals surface area contributed by atoms with Crippen LogP contribution in [-0.2, 0) is 6.54 Å². The number of aromatic nitrogens is 3. The van der Waals surface area contributed by atoms with Crippen molar-refractivity contribution < 1.29 is 4.79 Å². The maximum Gasteiger partial charge on any atom is 0.318 e. The van der Waals surface area contributed by atoms with E-state index >= 15 is 0 Å². The molecule has 1 aliphatic heterocycles. The van der Waals surface area contributed by atoms with E-state index in [9.17, 15) is 4.79 Å². The molecule has 1 N–H and O–H groups in total. The molecule has 2 amide bonds. The van der Waals surface area contributed by atoms with Crippen molar-refractivity contribution in [2.45, 2.75) is 19.0 Å². The van der Waals surface area contributed by atoms with Gasteiger partial charge in [0.05, 0.1) is 12.6 Å². The Kier molecular flexibility index (Phi) is 3.42. The summed E-state index contributed by atoms with van der Waals surface area (Å²) in [6.07, 6.45) is 2.90. The van der Waals surface area contributed by atoms with E-state index in [-0.39, 0.29) is 12.1 Å². The molecule has 4 rings (SSSR count). The number of nitrogens with one attached hydrogen (secondary N) is 1. The van der Waals surface area contributed by atoms with Crippen LogP contribution >= 0.6 is 0 Å². The van der Waals surface area contributed by atoms with Crippen LogP contribution in [0.25, 0.3) is 5.65 Å². The zero-order chi connectivity index (χ0) is 15.6. The van der Waals surface area contributed by atoms with E-state index in [0.29, 0.717) is 6.54 Å². The highest BCUT2D eigenvalue weighted by atomic mass is 16.2. The molecule has 116 valence electrons.